The van der Waals surface area contributed by atoms with Crippen LogP contribution in [-0.4, -0.2) is 66.1 Å². The largest absolute Gasteiger partial charge is 0.466 e. The van der Waals surface area contributed by atoms with E-state index >= 15 is 0 Å². The van der Waals surface area contributed by atoms with Gasteiger partial charge in [0, 0.05) is 34.6 Å². The number of guanidine groups is 1. The van der Waals surface area contributed by atoms with Crippen LogP contribution in [0.3, 0.4) is 0 Å². The Morgan fingerprint density at radius 2 is 2.06 bits per heavy atom. The number of aliphatic hydroxyl groups excluding tert-OH is 1. The minimum atomic E-state index is -0.541. The molecular weight excluding hydrogens is 554 g/mol. The molecule has 0 spiro atoms. The second-order valence-electron chi connectivity index (χ2n) is 8.15. The number of aliphatic hydroxyl groups is 1. The van der Waals surface area contributed by atoms with E-state index in [1.807, 2.05) is 0 Å². The third-order valence-electron chi connectivity index (χ3n) is 5.22. The Hall–Kier alpha value is -3.02. The minimum absolute atomic E-state index is 0.00684. The third-order valence-corrected chi connectivity index (χ3v) is 5.90. The van der Waals surface area contributed by atoms with Crippen LogP contribution in [0.1, 0.15) is 41.6 Å². The Bertz CT molecular complexity index is 1130. The fourth-order valence-electron chi connectivity index (χ4n) is 3.55. The number of hydrogen-bond donors (Lipinski definition) is 4. The number of carbonyl (C=O) groups is 3. The first-order valence-corrected chi connectivity index (χ1v) is 12.5. The number of ether oxygens (including phenoxy) is 1. The van der Waals surface area contributed by atoms with E-state index in [4.69, 9.17) is 16.3 Å². The second-order valence-corrected chi connectivity index (χ2v) is 9.50. The number of amides is 1. The van der Waals surface area contributed by atoms with Crippen LogP contribution in [0.2, 0.25) is 5.02 Å². The van der Waals surface area contributed by atoms with Gasteiger partial charge < -0.3 is 25.8 Å². The molecule has 1 aliphatic rings. The molecule has 0 radical (unpaired) electrons. The smallest absolute Gasteiger partial charge is 0.306 e. The summed E-state index contributed by atoms with van der Waals surface area (Å²) in [4.78, 5) is 45.7. The first-order chi connectivity index (χ1) is 17.2. The predicted octanol–water partition coefficient (Wildman–Crippen LogP) is 2.66. The van der Waals surface area contributed by atoms with E-state index in [-0.39, 0.29) is 43.9 Å². The van der Waals surface area contributed by atoms with E-state index in [2.05, 4.69) is 41.9 Å². The van der Waals surface area contributed by atoms with Crippen LogP contribution in [0.5, 0.6) is 0 Å². The summed E-state index contributed by atoms with van der Waals surface area (Å²) in [6, 6.07) is 6.80. The lowest BCUT2D eigenvalue weighted by Crippen LogP contribution is -2.42. The highest BCUT2D eigenvalue weighted by atomic mass is 79.9. The minimum Gasteiger partial charge on any atom is -0.466 e. The Morgan fingerprint density at radius 1 is 1.25 bits per heavy atom. The highest BCUT2D eigenvalue weighted by Gasteiger charge is 2.22. The molecule has 12 heteroatoms. The number of pyridine rings is 1. The number of hydrogen-bond acceptors (Lipinski definition) is 9. The number of anilines is 1. The quantitative estimate of drug-likeness (QED) is 0.314. The Labute approximate surface area is 222 Å². The molecule has 1 aromatic heterocycles. The summed E-state index contributed by atoms with van der Waals surface area (Å²) < 4.78 is 5.79. The maximum Gasteiger partial charge on any atom is 0.306 e. The van der Waals surface area contributed by atoms with Crippen molar-refractivity contribution >= 4 is 56.8 Å². The molecule has 0 fully saturated rings. The van der Waals surface area contributed by atoms with Crippen LogP contribution in [-0.2, 0) is 14.3 Å². The van der Waals surface area contributed by atoms with E-state index in [0.717, 1.165) is 10.0 Å². The summed E-state index contributed by atoms with van der Waals surface area (Å²) in [6.45, 7) is 2.37. The fourth-order valence-corrected chi connectivity index (χ4v) is 4.44. The number of β-amino-alcohol motifs (C(OH)–C–C–N with tert-alkyl or cyclic N) is 1. The zero-order chi connectivity index (χ0) is 26.1. The number of aromatic nitrogens is 1. The van der Waals surface area contributed by atoms with Crippen molar-refractivity contribution in [1.29, 1.82) is 0 Å². The topological polar surface area (TPSA) is 142 Å². The number of carbonyl (C=O) groups excluding carboxylic acids is 3. The maximum absolute atomic E-state index is 12.7. The van der Waals surface area contributed by atoms with Gasteiger partial charge in [-0.1, -0.05) is 27.5 Å². The van der Waals surface area contributed by atoms with Gasteiger partial charge in [0.2, 0.25) is 0 Å². The normalized spacial score (nSPS) is 15.8. The van der Waals surface area contributed by atoms with Gasteiger partial charge in [-0.25, -0.2) is 0 Å². The standard InChI is InChI=1S/C24H27BrClN5O5/c1-2-36-22(34)7-15(14-3-17(25)8-18(26)4-14)6-20(32)11-28-23(35)16-5-19(10-27-9-16)31-24-29-12-21(33)13-30-24/h3-5,8-10,15,21,33H,2,6-7,11-13H2,1H3,(H,28,35)(H2,29,30,31)/t15-/m0/s1. The third kappa shape index (κ3) is 8.58. The van der Waals surface area contributed by atoms with Crippen molar-refractivity contribution in [2.45, 2.75) is 31.8 Å². The van der Waals surface area contributed by atoms with E-state index in [1.54, 1.807) is 31.2 Å². The summed E-state index contributed by atoms with van der Waals surface area (Å²) in [7, 11) is 0. The van der Waals surface area contributed by atoms with Gasteiger partial charge in [0.1, 0.15) is 0 Å². The molecule has 2 atom stereocenters. The van der Waals surface area contributed by atoms with Gasteiger partial charge in [-0.2, -0.15) is 0 Å². The molecule has 2 heterocycles. The van der Waals surface area contributed by atoms with Crippen LogP contribution in [0, 0.1) is 0 Å². The molecule has 0 aliphatic carbocycles. The second kappa shape index (κ2) is 13.3. The molecule has 3 rings (SSSR count). The molecule has 1 aliphatic heterocycles. The van der Waals surface area contributed by atoms with E-state index in [9.17, 15) is 19.5 Å². The summed E-state index contributed by atoms with van der Waals surface area (Å²) in [5.74, 6) is -1.14. The highest BCUT2D eigenvalue weighted by molar-refractivity contribution is 9.10. The van der Waals surface area contributed by atoms with Crippen molar-refractivity contribution in [3.63, 3.8) is 0 Å². The molecule has 4 N–H and O–H groups in total. The number of Topliss-reactive ketones (excluding diaryl/α,β-unsaturated/α-hetero) is 1. The number of nitrogens with one attached hydrogen (secondary N) is 3. The molecule has 0 bridgehead atoms. The molecule has 36 heavy (non-hydrogen) atoms. The van der Waals surface area contributed by atoms with Gasteiger partial charge in [-0.3, -0.25) is 24.4 Å². The number of ketones is 1. The number of nitrogens with zero attached hydrogens (tertiary/aromatic N) is 2. The summed E-state index contributed by atoms with van der Waals surface area (Å²) in [5.41, 5.74) is 1.50. The van der Waals surface area contributed by atoms with Gasteiger partial charge in [0.25, 0.3) is 5.91 Å². The number of halogens is 2. The van der Waals surface area contributed by atoms with Crippen LogP contribution >= 0.6 is 27.5 Å². The molecule has 0 saturated carbocycles. The van der Waals surface area contributed by atoms with Crippen molar-refractivity contribution in [1.82, 2.24) is 15.6 Å². The Kier molecular flexibility index (Phi) is 10.2. The van der Waals surface area contributed by atoms with Gasteiger partial charge in [0.15, 0.2) is 11.7 Å². The molecule has 192 valence electrons. The number of aliphatic imine (C=N–C) groups is 1. The predicted molar refractivity (Wildman–Crippen MR) is 139 cm³/mol. The van der Waals surface area contributed by atoms with Crippen LogP contribution < -0.4 is 16.0 Å². The molecule has 10 nitrogen and oxygen atoms in total. The number of rotatable bonds is 10. The van der Waals surface area contributed by atoms with Crippen molar-refractivity contribution in [2.75, 3.05) is 31.6 Å². The zero-order valence-electron chi connectivity index (χ0n) is 19.6. The van der Waals surface area contributed by atoms with Crippen molar-refractivity contribution in [2.24, 2.45) is 4.99 Å². The molecule has 2 aromatic rings. The lowest BCUT2D eigenvalue weighted by molar-refractivity contribution is -0.143. The fraction of sp³-hybridized carbons (Fsp3) is 0.375. The van der Waals surface area contributed by atoms with Crippen LogP contribution in [0.25, 0.3) is 0 Å². The van der Waals surface area contributed by atoms with E-state index < -0.39 is 23.9 Å². The van der Waals surface area contributed by atoms with Gasteiger partial charge >= 0.3 is 5.97 Å². The highest BCUT2D eigenvalue weighted by Crippen LogP contribution is 2.30. The lowest BCUT2D eigenvalue weighted by atomic mass is 9.90. The summed E-state index contributed by atoms with van der Waals surface area (Å²) in [6.07, 6.45) is 2.40. The number of benzene rings is 1. The summed E-state index contributed by atoms with van der Waals surface area (Å²) >= 11 is 9.54. The van der Waals surface area contributed by atoms with Crippen LogP contribution in [0.4, 0.5) is 5.69 Å². The van der Waals surface area contributed by atoms with Gasteiger partial charge in [-0.05, 0) is 36.8 Å². The SMILES string of the molecule is CCOC(=O)C[C@H](CC(=O)CNC(=O)c1cncc(NC2=NCC(O)CN2)c1)c1cc(Cl)cc(Br)c1. The molecule has 0 saturated heterocycles. The lowest BCUT2D eigenvalue weighted by Gasteiger charge is -2.19. The number of esters is 1. The van der Waals surface area contributed by atoms with Crippen molar-refractivity contribution < 1.29 is 24.2 Å². The van der Waals surface area contributed by atoms with Crippen molar-refractivity contribution in [3.8, 4) is 0 Å². The Morgan fingerprint density at radius 3 is 2.75 bits per heavy atom. The first kappa shape index (κ1) is 27.6. The monoisotopic (exact) mass is 579 g/mol. The van der Waals surface area contributed by atoms with Crippen molar-refractivity contribution in [3.05, 3.63) is 57.3 Å². The zero-order valence-corrected chi connectivity index (χ0v) is 21.9. The first-order valence-electron chi connectivity index (χ1n) is 11.3. The van der Waals surface area contributed by atoms with E-state index in [0.29, 0.717) is 23.2 Å². The molecule has 1 amide bonds. The molecular formula is C24H27BrClN5O5. The average Bonchev–Trinajstić information content (AvgIpc) is 2.83. The van der Waals surface area contributed by atoms with Gasteiger partial charge in [0.05, 0.1) is 49.7 Å². The van der Waals surface area contributed by atoms with Crippen LogP contribution in [0.15, 0.2) is 46.1 Å². The average molecular weight is 581 g/mol. The maximum atomic E-state index is 12.7. The van der Waals surface area contributed by atoms with Gasteiger partial charge in [-0.15, -0.1) is 0 Å². The molecule has 1 aromatic carbocycles. The Balaban J connectivity index is 1.60. The summed E-state index contributed by atoms with van der Waals surface area (Å²) in [5, 5.41) is 18.5. The molecule has 1 unspecified atom stereocenters. The van der Waals surface area contributed by atoms with E-state index in [1.165, 1.54) is 12.4 Å².